The van der Waals surface area contributed by atoms with Crippen LogP contribution < -0.4 is 10.6 Å². The van der Waals surface area contributed by atoms with Crippen molar-refractivity contribution in [3.8, 4) is 0 Å². The maximum Gasteiger partial charge on any atom is 0.261 e. The molecule has 0 atom stereocenters. The van der Waals surface area contributed by atoms with Crippen LogP contribution in [0.2, 0.25) is 0 Å². The summed E-state index contributed by atoms with van der Waals surface area (Å²) in [5.74, 6) is 0.439. The third kappa shape index (κ3) is 6.29. The molecule has 0 fully saturated rings. The van der Waals surface area contributed by atoms with E-state index in [2.05, 4.69) is 48.2 Å². The average molecular weight is 416 g/mol. The summed E-state index contributed by atoms with van der Waals surface area (Å²) >= 11 is 0. The van der Waals surface area contributed by atoms with Crippen molar-refractivity contribution >= 4 is 17.8 Å². The van der Waals surface area contributed by atoms with E-state index in [1.165, 1.54) is 4.90 Å². The van der Waals surface area contributed by atoms with Gasteiger partial charge in [0.05, 0.1) is 11.1 Å². The van der Waals surface area contributed by atoms with Crippen molar-refractivity contribution in [2.24, 2.45) is 4.99 Å². The number of carbonyl (C=O) groups excluding carboxylic acids is 2. The second kappa shape index (κ2) is 11.7. The molecule has 2 amide bonds. The number of carbonyl (C=O) groups is 2. The summed E-state index contributed by atoms with van der Waals surface area (Å²) in [6.07, 6.45) is 1.55. The number of hydrogen-bond acceptors (Lipinski definition) is 4. The van der Waals surface area contributed by atoms with Crippen molar-refractivity contribution in [2.45, 2.75) is 59.5 Å². The summed E-state index contributed by atoms with van der Waals surface area (Å²) in [6.45, 7) is 14.6. The molecule has 2 N–H and O–H groups in total. The average Bonchev–Trinajstić information content (AvgIpc) is 2.95. The predicted octanol–water partition coefficient (Wildman–Crippen LogP) is 2.74. The monoisotopic (exact) mass is 415 g/mol. The van der Waals surface area contributed by atoms with E-state index >= 15 is 0 Å². The fraction of sp³-hybridized carbons (Fsp3) is 0.609. The lowest BCUT2D eigenvalue weighted by Crippen LogP contribution is -2.45. The Kier molecular flexibility index (Phi) is 9.30. The molecule has 0 saturated heterocycles. The van der Waals surface area contributed by atoms with E-state index in [-0.39, 0.29) is 11.8 Å². The van der Waals surface area contributed by atoms with Gasteiger partial charge >= 0.3 is 0 Å². The number of benzene rings is 1. The number of guanidine groups is 1. The molecule has 7 nitrogen and oxygen atoms in total. The van der Waals surface area contributed by atoms with Crippen molar-refractivity contribution in [3.63, 3.8) is 0 Å². The second-order valence-electron chi connectivity index (χ2n) is 8.13. The number of nitrogens with zero attached hydrogens (tertiary/aromatic N) is 3. The van der Waals surface area contributed by atoms with Gasteiger partial charge in [-0.25, -0.2) is 0 Å². The van der Waals surface area contributed by atoms with Crippen LogP contribution in [0.15, 0.2) is 29.3 Å². The number of rotatable bonds is 11. The van der Waals surface area contributed by atoms with Gasteiger partial charge in [-0.3, -0.25) is 24.4 Å². The van der Waals surface area contributed by atoms with Crippen molar-refractivity contribution in [1.29, 1.82) is 0 Å². The number of unbranched alkanes of at least 4 members (excludes halogenated alkanes) is 1. The van der Waals surface area contributed by atoms with Gasteiger partial charge in [-0.2, -0.15) is 0 Å². The molecule has 2 rings (SSSR count). The van der Waals surface area contributed by atoms with E-state index in [4.69, 9.17) is 0 Å². The van der Waals surface area contributed by atoms with Gasteiger partial charge in [0.2, 0.25) is 0 Å². The number of nitrogens with one attached hydrogen (secondary N) is 2. The molecule has 0 bridgehead atoms. The molecule has 30 heavy (non-hydrogen) atoms. The molecule has 0 saturated carbocycles. The number of aliphatic imine (C=N–C) groups is 1. The zero-order valence-electron chi connectivity index (χ0n) is 19.1. The summed E-state index contributed by atoms with van der Waals surface area (Å²) < 4.78 is 0. The zero-order chi connectivity index (χ0) is 22.1. The Hall–Kier alpha value is -2.41. The summed E-state index contributed by atoms with van der Waals surface area (Å²) in [7, 11) is 0. The Morgan fingerprint density at radius 1 is 1.00 bits per heavy atom. The Bertz CT molecular complexity index is 702. The molecule has 0 aromatic heterocycles. The fourth-order valence-corrected chi connectivity index (χ4v) is 3.77. The SMILES string of the molecule is CCNC(=NCCCCN1C(=O)c2ccccc2C1=O)NCCN(C(C)C)C(C)C. The van der Waals surface area contributed by atoms with Crippen molar-refractivity contribution in [3.05, 3.63) is 35.4 Å². The predicted molar refractivity (Wildman–Crippen MR) is 122 cm³/mol. The van der Waals surface area contributed by atoms with Crippen LogP contribution in [-0.2, 0) is 0 Å². The van der Waals surface area contributed by atoms with Crippen molar-refractivity contribution in [2.75, 3.05) is 32.7 Å². The highest BCUT2D eigenvalue weighted by Crippen LogP contribution is 2.22. The first-order chi connectivity index (χ1) is 14.4. The standard InChI is InChI=1S/C23H37N5O2/c1-6-24-23(26-14-16-27(17(2)3)18(4)5)25-13-9-10-15-28-21(29)19-11-7-8-12-20(19)22(28)30/h7-8,11-12,17-18H,6,9-10,13-16H2,1-5H3,(H2,24,25,26). The van der Waals surface area contributed by atoms with Crippen LogP contribution in [-0.4, -0.2) is 72.4 Å². The quantitative estimate of drug-likeness (QED) is 0.252. The molecule has 1 aliphatic heterocycles. The Morgan fingerprint density at radius 3 is 2.13 bits per heavy atom. The van der Waals surface area contributed by atoms with E-state index in [1.54, 1.807) is 24.3 Å². The topological polar surface area (TPSA) is 77.0 Å². The number of amides is 2. The van der Waals surface area contributed by atoms with E-state index in [1.807, 2.05) is 6.92 Å². The first-order valence-electron chi connectivity index (χ1n) is 11.1. The van der Waals surface area contributed by atoms with E-state index in [0.29, 0.717) is 36.3 Å². The first kappa shape index (κ1) is 23.9. The third-order valence-electron chi connectivity index (χ3n) is 5.27. The molecule has 0 aliphatic carbocycles. The summed E-state index contributed by atoms with van der Waals surface area (Å²) in [5.41, 5.74) is 1.02. The van der Waals surface area contributed by atoms with Crippen molar-refractivity contribution in [1.82, 2.24) is 20.4 Å². The molecule has 0 radical (unpaired) electrons. The molecule has 0 unspecified atom stereocenters. The van der Waals surface area contributed by atoms with Gasteiger partial charge in [-0.15, -0.1) is 0 Å². The van der Waals surface area contributed by atoms with Crippen LogP contribution in [0.5, 0.6) is 0 Å². The molecule has 1 heterocycles. The van der Waals surface area contributed by atoms with Crippen LogP contribution in [0.4, 0.5) is 0 Å². The smallest absolute Gasteiger partial charge is 0.261 e. The minimum atomic E-state index is -0.186. The summed E-state index contributed by atoms with van der Waals surface area (Å²) in [6, 6.07) is 8.03. The van der Waals surface area contributed by atoms with E-state index in [9.17, 15) is 9.59 Å². The highest BCUT2D eigenvalue weighted by molar-refractivity contribution is 6.21. The van der Waals surface area contributed by atoms with Crippen LogP contribution in [0.25, 0.3) is 0 Å². The largest absolute Gasteiger partial charge is 0.357 e. The Morgan fingerprint density at radius 2 is 1.60 bits per heavy atom. The molecular weight excluding hydrogens is 378 g/mol. The molecule has 1 aromatic carbocycles. The van der Waals surface area contributed by atoms with Gasteiger partial charge in [0, 0.05) is 44.8 Å². The Labute approximate surface area is 180 Å². The van der Waals surface area contributed by atoms with Gasteiger partial charge in [-0.05, 0) is 59.6 Å². The maximum absolute atomic E-state index is 12.4. The molecule has 1 aliphatic rings. The molecule has 166 valence electrons. The van der Waals surface area contributed by atoms with E-state index in [0.717, 1.165) is 38.4 Å². The molecule has 0 spiro atoms. The van der Waals surface area contributed by atoms with Gasteiger partial charge in [0.15, 0.2) is 5.96 Å². The van der Waals surface area contributed by atoms with Gasteiger partial charge in [-0.1, -0.05) is 12.1 Å². The third-order valence-corrected chi connectivity index (χ3v) is 5.27. The van der Waals surface area contributed by atoms with Gasteiger partial charge < -0.3 is 10.6 Å². The first-order valence-corrected chi connectivity index (χ1v) is 11.1. The minimum Gasteiger partial charge on any atom is -0.357 e. The number of fused-ring (bicyclic) bond motifs is 1. The van der Waals surface area contributed by atoms with Crippen LogP contribution in [0.3, 0.4) is 0 Å². The lowest BCUT2D eigenvalue weighted by molar-refractivity contribution is 0.0652. The highest BCUT2D eigenvalue weighted by Gasteiger charge is 2.34. The second-order valence-corrected chi connectivity index (χ2v) is 8.13. The summed E-state index contributed by atoms with van der Waals surface area (Å²) in [4.78, 5) is 33.2. The van der Waals surface area contributed by atoms with Gasteiger partial charge in [0.1, 0.15) is 0 Å². The van der Waals surface area contributed by atoms with E-state index < -0.39 is 0 Å². The number of hydrogen-bond donors (Lipinski definition) is 2. The lowest BCUT2D eigenvalue weighted by atomic mass is 10.1. The van der Waals surface area contributed by atoms with Crippen molar-refractivity contribution < 1.29 is 9.59 Å². The Balaban J connectivity index is 1.76. The van der Waals surface area contributed by atoms with Crippen LogP contribution in [0.1, 0.15) is 68.2 Å². The summed E-state index contributed by atoms with van der Waals surface area (Å²) in [5, 5.41) is 6.67. The van der Waals surface area contributed by atoms with Crippen LogP contribution in [0, 0.1) is 0 Å². The highest BCUT2D eigenvalue weighted by atomic mass is 16.2. The molecule has 1 aromatic rings. The minimum absolute atomic E-state index is 0.186. The normalized spacial score (nSPS) is 14.3. The zero-order valence-corrected chi connectivity index (χ0v) is 19.1. The number of imide groups is 1. The fourth-order valence-electron chi connectivity index (χ4n) is 3.77. The van der Waals surface area contributed by atoms with Crippen LogP contribution >= 0.6 is 0 Å². The maximum atomic E-state index is 12.4. The molecular formula is C23H37N5O2. The molecule has 7 heteroatoms. The lowest BCUT2D eigenvalue weighted by Gasteiger charge is -2.30. The van der Waals surface area contributed by atoms with Gasteiger partial charge in [0.25, 0.3) is 11.8 Å².